The van der Waals surface area contributed by atoms with Gasteiger partial charge in [-0.1, -0.05) is 12.1 Å². The number of piperidine rings is 1. The van der Waals surface area contributed by atoms with E-state index in [4.69, 9.17) is 9.47 Å². The fourth-order valence-electron chi connectivity index (χ4n) is 4.05. The van der Waals surface area contributed by atoms with Crippen molar-refractivity contribution in [1.29, 1.82) is 0 Å². The Kier molecular flexibility index (Phi) is 5.67. The van der Waals surface area contributed by atoms with Crippen LogP contribution in [0.5, 0.6) is 0 Å². The van der Waals surface area contributed by atoms with Crippen LogP contribution < -0.4 is 0 Å². The Morgan fingerprint density at radius 1 is 1.26 bits per heavy atom. The average Bonchev–Trinajstić information content (AvgIpc) is 2.95. The molecular formula is C19H28FNO2. The number of nitrogens with zero attached hydrogens (tertiary/aromatic N) is 1. The molecule has 0 radical (unpaired) electrons. The summed E-state index contributed by atoms with van der Waals surface area (Å²) >= 11 is 0. The number of likely N-dealkylation sites (tertiary alicyclic amines) is 1. The predicted molar refractivity (Wildman–Crippen MR) is 88.8 cm³/mol. The molecule has 0 aliphatic carbocycles. The molecule has 2 saturated heterocycles. The number of hydrogen-bond acceptors (Lipinski definition) is 3. The molecule has 23 heavy (non-hydrogen) atoms. The van der Waals surface area contributed by atoms with Gasteiger partial charge in [0.25, 0.3) is 0 Å². The molecule has 4 heteroatoms. The molecule has 0 amide bonds. The highest BCUT2D eigenvalue weighted by Crippen LogP contribution is 2.42. The fourth-order valence-corrected chi connectivity index (χ4v) is 4.05. The van der Waals surface area contributed by atoms with E-state index in [0.717, 1.165) is 58.7 Å². The molecule has 1 unspecified atom stereocenters. The zero-order valence-electron chi connectivity index (χ0n) is 14.1. The third-order valence-electron chi connectivity index (χ3n) is 5.44. The van der Waals surface area contributed by atoms with Crippen molar-refractivity contribution in [3.05, 3.63) is 35.6 Å². The summed E-state index contributed by atoms with van der Waals surface area (Å²) in [7, 11) is 0. The van der Waals surface area contributed by atoms with E-state index >= 15 is 0 Å². The highest BCUT2D eigenvalue weighted by Gasteiger charge is 2.45. The summed E-state index contributed by atoms with van der Waals surface area (Å²) in [6, 6.07) is 6.86. The zero-order valence-corrected chi connectivity index (χ0v) is 14.1. The predicted octanol–water partition coefficient (Wildman–Crippen LogP) is 3.62. The fraction of sp³-hybridized carbons (Fsp3) is 0.684. The summed E-state index contributed by atoms with van der Waals surface area (Å²) in [4.78, 5) is 2.46. The lowest BCUT2D eigenvalue weighted by molar-refractivity contribution is -0.0728. The Balaban J connectivity index is 1.51. The minimum atomic E-state index is -0.164. The van der Waals surface area contributed by atoms with E-state index in [1.54, 1.807) is 12.1 Å². The van der Waals surface area contributed by atoms with Gasteiger partial charge in [-0.3, -0.25) is 4.90 Å². The van der Waals surface area contributed by atoms with Crippen LogP contribution in [0, 0.1) is 11.7 Å². The molecule has 0 N–H and O–H groups in total. The van der Waals surface area contributed by atoms with Gasteiger partial charge < -0.3 is 9.47 Å². The first-order chi connectivity index (χ1) is 11.2. The zero-order chi connectivity index (χ0) is 16.1. The number of halogens is 1. The van der Waals surface area contributed by atoms with Gasteiger partial charge >= 0.3 is 0 Å². The topological polar surface area (TPSA) is 21.7 Å². The first-order valence-corrected chi connectivity index (χ1v) is 8.90. The van der Waals surface area contributed by atoms with E-state index < -0.39 is 0 Å². The molecular weight excluding hydrogens is 293 g/mol. The Morgan fingerprint density at radius 3 is 2.70 bits per heavy atom. The summed E-state index contributed by atoms with van der Waals surface area (Å²) in [5.41, 5.74) is 1.26. The van der Waals surface area contributed by atoms with Gasteiger partial charge in [-0.05, 0) is 56.2 Å². The van der Waals surface area contributed by atoms with Crippen molar-refractivity contribution in [2.75, 3.05) is 32.9 Å². The van der Waals surface area contributed by atoms with Crippen molar-refractivity contribution in [1.82, 2.24) is 4.90 Å². The van der Waals surface area contributed by atoms with Crippen LogP contribution in [-0.4, -0.2) is 43.4 Å². The van der Waals surface area contributed by atoms with Crippen molar-refractivity contribution < 1.29 is 13.9 Å². The SMILES string of the molecule is CCOCCC1CCOC12CCN(Cc1ccc(F)cc1)CC2. The number of ether oxygens (including phenoxy) is 2. The van der Waals surface area contributed by atoms with Crippen molar-refractivity contribution in [3.8, 4) is 0 Å². The van der Waals surface area contributed by atoms with Gasteiger partial charge in [0.2, 0.25) is 0 Å². The molecule has 0 saturated carbocycles. The Morgan fingerprint density at radius 2 is 2.00 bits per heavy atom. The molecule has 1 aromatic carbocycles. The molecule has 3 rings (SSSR count). The van der Waals surface area contributed by atoms with Gasteiger partial charge in [0, 0.05) is 39.5 Å². The van der Waals surface area contributed by atoms with Crippen LogP contribution in [0.4, 0.5) is 4.39 Å². The lowest BCUT2D eigenvalue weighted by atomic mass is 9.78. The molecule has 2 fully saturated rings. The van der Waals surface area contributed by atoms with E-state index in [9.17, 15) is 4.39 Å². The van der Waals surface area contributed by atoms with Gasteiger partial charge in [0.15, 0.2) is 0 Å². The summed E-state index contributed by atoms with van der Waals surface area (Å²) in [6.07, 6.45) is 4.49. The van der Waals surface area contributed by atoms with Crippen LogP contribution in [-0.2, 0) is 16.0 Å². The molecule has 128 valence electrons. The van der Waals surface area contributed by atoms with E-state index in [-0.39, 0.29) is 11.4 Å². The Labute approximate surface area is 138 Å². The third-order valence-corrected chi connectivity index (χ3v) is 5.44. The van der Waals surface area contributed by atoms with Crippen LogP contribution in [0.25, 0.3) is 0 Å². The Bertz CT molecular complexity index is 483. The highest BCUT2D eigenvalue weighted by molar-refractivity contribution is 5.16. The van der Waals surface area contributed by atoms with Crippen LogP contribution >= 0.6 is 0 Å². The monoisotopic (exact) mass is 321 g/mol. The summed E-state index contributed by atoms with van der Waals surface area (Å²) in [5.74, 6) is 0.477. The van der Waals surface area contributed by atoms with Gasteiger partial charge in [0.05, 0.1) is 5.60 Å². The molecule has 0 bridgehead atoms. The normalized spacial score (nSPS) is 24.3. The second-order valence-corrected chi connectivity index (χ2v) is 6.79. The Hall–Kier alpha value is -0.970. The van der Waals surface area contributed by atoms with Crippen molar-refractivity contribution >= 4 is 0 Å². The van der Waals surface area contributed by atoms with E-state index in [2.05, 4.69) is 11.8 Å². The maximum Gasteiger partial charge on any atom is 0.123 e. The van der Waals surface area contributed by atoms with Crippen molar-refractivity contribution in [2.45, 2.75) is 44.8 Å². The minimum absolute atomic E-state index is 0.0798. The second kappa shape index (κ2) is 7.73. The molecule has 2 heterocycles. The van der Waals surface area contributed by atoms with Crippen LogP contribution in [0.2, 0.25) is 0 Å². The number of rotatable bonds is 6. The molecule has 1 spiro atoms. The molecule has 2 aliphatic rings. The lowest BCUT2D eigenvalue weighted by Crippen LogP contribution is -2.47. The van der Waals surface area contributed by atoms with E-state index in [0.29, 0.717) is 5.92 Å². The summed E-state index contributed by atoms with van der Waals surface area (Å²) in [5, 5.41) is 0. The van der Waals surface area contributed by atoms with Crippen molar-refractivity contribution in [2.24, 2.45) is 5.92 Å². The highest BCUT2D eigenvalue weighted by atomic mass is 19.1. The van der Waals surface area contributed by atoms with Crippen LogP contribution in [0.15, 0.2) is 24.3 Å². The lowest BCUT2D eigenvalue weighted by Gasteiger charge is -2.42. The summed E-state index contributed by atoms with van der Waals surface area (Å²) in [6.45, 7) is 7.62. The minimum Gasteiger partial charge on any atom is -0.382 e. The third kappa shape index (κ3) is 4.11. The molecule has 1 atom stereocenters. The van der Waals surface area contributed by atoms with Crippen molar-refractivity contribution in [3.63, 3.8) is 0 Å². The summed E-state index contributed by atoms with van der Waals surface area (Å²) < 4.78 is 24.7. The quantitative estimate of drug-likeness (QED) is 0.747. The van der Waals surface area contributed by atoms with E-state index in [1.165, 1.54) is 12.0 Å². The molecule has 3 nitrogen and oxygen atoms in total. The van der Waals surface area contributed by atoms with Crippen LogP contribution in [0.3, 0.4) is 0 Å². The largest absolute Gasteiger partial charge is 0.382 e. The van der Waals surface area contributed by atoms with E-state index in [1.807, 2.05) is 12.1 Å². The smallest absolute Gasteiger partial charge is 0.123 e. The second-order valence-electron chi connectivity index (χ2n) is 6.79. The first-order valence-electron chi connectivity index (χ1n) is 8.90. The van der Waals surface area contributed by atoms with Gasteiger partial charge in [0.1, 0.15) is 5.82 Å². The van der Waals surface area contributed by atoms with Crippen LogP contribution in [0.1, 0.15) is 38.2 Å². The van der Waals surface area contributed by atoms with Gasteiger partial charge in [-0.2, -0.15) is 0 Å². The number of hydrogen-bond donors (Lipinski definition) is 0. The maximum absolute atomic E-state index is 13.0. The molecule has 0 aromatic heterocycles. The van der Waals surface area contributed by atoms with Gasteiger partial charge in [-0.15, -0.1) is 0 Å². The van der Waals surface area contributed by atoms with Gasteiger partial charge in [-0.25, -0.2) is 4.39 Å². The first kappa shape index (κ1) is 16.9. The average molecular weight is 321 g/mol. The number of benzene rings is 1. The molecule has 2 aliphatic heterocycles. The standard InChI is InChI=1S/C19H28FNO2/c1-2-22-13-7-17-8-14-23-19(17)9-11-21(12-10-19)15-16-3-5-18(20)6-4-16/h3-6,17H,2,7-15H2,1H3. The maximum atomic E-state index is 13.0. The molecule has 1 aromatic rings.